The van der Waals surface area contributed by atoms with Crippen molar-refractivity contribution in [1.82, 2.24) is 4.90 Å². The van der Waals surface area contributed by atoms with Crippen LogP contribution in [0.1, 0.15) is 49.8 Å². The van der Waals surface area contributed by atoms with Crippen LogP contribution >= 0.6 is 0 Å². The van der Waals surface area contributed by atoms with Gasteiger partial charge in [-0.25, -0.2) is 0 Å². The van der Waals surface area contributed by atoms with E-state index >= 15 is 0 Å². The zero-order chi connectivity index (χ0) is 14.7. The highest BCUT2D eigenvalue weighted by atomic mass is 15.1. The molecule has 2 rings (SSSR count). The van der Waals surface area contributed by atoms with Gasteiger partial charge in [0.1, 0.15) is 0 Å². The van der Waals surface area contributed by atoms with Crippen LogP contribution in [0.4, 0.5) is 5.69 Å². The molecule has 0 saturated heterocycles. The smallest absolute Gasteiger partial charge is 0.0349 e. The Morgan fingerprint density at radius 2 is 2.00 bits per heavy atom. The Bertz CT molecular complexity index is 514. The second-order valence-corrected chi connectivity index (χ2v) is 6.22. The van der Waals surface area contributed by atoms with Crippen molar-refractivity contribution in [2.45, 2.75) is 46.5 Å². The van der Waals surface area contributed by atoms with E-state index in [4.69, 9.17) is 5.73 Å². The summed E-state index contributed by atoms with van der Waals surface area (Å²) < 4.78 is 0. The Kier molecular flexibility index (Phi) is 4.87. The number of anilines is 1. The lowest BCUT2D eigenvalue weighted by molar-refractivity contribution is 0.359. The monoisotopic (exact) mass is 272 g/mol. The maximum absolute atomic E-state index is 6.19. The van der Waals surface area contributed by atoms with E-state index in [9.17, 15) is 0 Å². The first-order chi connectivity index (χ1) is 9.52. The van der Waals surface area contributed by atoms with Crippen molar-refractivity contribution in [3.05, 3.63) is 34.4 Å². The van der Waals surface area contributed by atoms with Gasteiger partial charge in [0.15, 0.2) is 0 Å². The molecular weight excluding hydrogens is 244 g/mol. The largest absolute Gasteiger partial charge is 0.398 e. The topological polar surface area (TPSA) is 29.3 Å². The van der Waals surface area contributed by atoms with Crippen molar-refractivity contribution in [3.8, 4) is 0 Å². The number of likely N-dealkylation sites (N-methyl/N-ethyl adjacent to an activating group) is 1. The molecule has 0 atom stereocenters. The quantitative estimate of drug-likeness (QED) is 0.839. The molecule has 1 heterocycles. The fraction of sp³-hybridized carbons (Fsp3) is 0.556. The number of nitrogen functional groups attached to an aromatic ring is 1. The van der Waals surface area contributed by atoms with Crippen molar-refractivity contribution in [1.29, 1.82) is 0 Å². The average molecular weight is 272 g/mol. The molecule has 1 aromatic rings. The summed E-state index contributed by atoms with van der Waals surface area (Å²) in [6.45, 7) is 8.93. The van der Waals surface area contributed by atoms with Gasteiger partial charge in [0.05, 0.1) is 0 Å². The van der Waals surface area contributed by atoms with Crippen LogP contribution < -0.4 is 5.73 Å². The molecule has 1 aliphatic rings. The number of unbranched alkanes of at least 4 members (excludes halogenated alkanes) is 1. The zero-order valence-electron chi connectivity index (χ0n) is 13.4. The molecule has 2 N–H and O–H groups in total. The molecule has 0 bridgehead atoms. The molecule has 0 fully saturated rings. The van der Waals surface area contributed by atoms with Gasteiger partial charge >= 0.3 is 0 Å². The van der Waals surface area contributed by atoms with Crippen LogP contribution in [0.2, 0.25) is 0 Å². The summed E-state index contributed by atoms with van der Waals surface area (Å²) in [7, 11) is 2.20. The van der Waals surface area contributed by atoms with Crippen molar-refractivity contribution < 1.29 is 0 Å². The molecule has 0 radical (unpaired) electrons. The van der Waals surface area contributed by atoms with Gasteiger partial charge in [-0.3, -0.25) is 0 Å². The maximum Gasteiger partial charge on any atom is 0.0349 e. The van der Waals surface area contributed by atoms with Gasteiger partial charge in [0, 0.05) is 18.8 Å². The van der Waals surface area contributed by atoms with Crippen molar-refractivity contribution >= 4 is 11.3 Å². The molecule has 0 amide bonds. The van der Waals surface area contributed by atoms with Gasteiger partial charge in [-0.15, -0.1) is 0 Å². The van der Waals surface area contributed by atoms with Gasteiger partial charge in [-0.1, -0.05) is 18.9 Å². The summed E-state index contributed by atoms with van der Waals surface area (Å²) >= 11 is 0. The third kappa shape index (κ3) is 3.24. The minimum Gasteiger partial charge on any atom is -0.398 e. The highest BCUT2D eigenvalue weighted by Crippen LogP contribution is 2.32. The minimum atomic E-state index is 0.964. The lowest BCUT2D eigenvalue weighted by Crippen LogP contribution is -2.26. The number of nitrogens with two attached hydrogens (primary N) is 1. The fourth-order valence-electron chi connectivity index (χ4n) is 3.14. The molecule has 0 aromatic heterocycles. The molecular formula is C18H28N2. The summed E-state index contributed by atoms with van der Waals surface area (Å²) in [5, 5.41) is 0. The number of benzene rings is 1. The number of rotatable bonds is 4. The molecule has 0 spiro atoms. The maximum atomic E-state index is 6.19. The Hall–Kier alpha value is -1.28. The lowest BCUT2D eigenvalue weighted by Gasteiger charge is -2.27. The van der Waals surface area contributed by atoms with Gasteiger partial charge < -0.3 is 10.6 Å². The molecule has 110 valence electrons. The molecule has 2 heteroatoms. The lowest BCUT2D eigenvalue weighted by atomic mass is 9.89. The number of hydrogen-bond donors (Lipinski definition) is 1. The normalized spacial score (nSPS) is 16.8. The summed E-state index contributed by atoms with van der Waals surface area (Å²) in [6, 6.07) is 4.52. The second kappa shape index (κ2) is 6.45. The highest BCUT2D eigenvalue weighted by Gasteiger charge is 2.17. The molecule has 1 aromatic carbocycles. The van der Waals surface area contributed by atoms with Crippen molar-refractivity contribution in [2.24, 2.45) is 0 Å². The predicted molar refractivity (Wildman–Crippen MR) is 88.9 cm³/mol. The highest BCUT2D eigenvalue weighted by molar-refractivity contribution is 5.74. The van der Waals surface area contributed by atoms with Crippen LogP contribution in [0, 0.1) is 6.92 Å². The summed E-state index contributed by atoms with van der Waals surface area (Å²) in [6.07, 6.45) is 4.69. The molecule has 2 nitrogen and oxygen atoms in total. The van der Waals surface area contributed by atoms with E-state index in [0.29, 0.717) is 0 Å². The average Bonchev–Trinajstić information content (AvgIpc) is 2.39. The summed E-state index contributed by atoms with van der Waals surface area (Å²) in [5.74, 6) is 0. The van der Waals surface area contributed by atoms with E-state index in [2.05, 4.69) is 44.9 Å². The van der Waals surface area contributed by atoms with Crippen molar-refractivity contribution in [2.75, 3.05) is 25.9 Å². The third-order valence-electron chi connectivity index (χ3n) is 4.38. The number of aryl methyl sites for hydroxylation is 2. The molecule has 0 saturated carbocycles. The van der Waals surface area contributed by atoms with E-state index < -0.39 is 0 Å². The van der Waals surface area contributed by atoms with Gasteiger partial charge in [-0.2, -0.15) is 0 Å². The van der Waals surface area contributed by atoms with Gasteiger partial charge in [0.2, 0.25) is 0 Å². The summed E-state index contributed by atoms with van der Waals surface area (Å²) in [4.78, 5) is 2.39. The standard InChI is InChI=1S/C18H28N2/c1-5-6-7-15-11-17(13(2)10-18(15)19)16-8-9-20(4)12-14(16)3/h10-11H,5-9,12,19H2,1-4H3. The van der Waals surface area contributed by atoms with E-state index in [1.54, 1.807) is 5.57 Å². The Morgan fingerprint density at radius 1 is 1.25 bits per heavy atom. The van der Waals surface area contributed by atoms with Gasteiger partial charge in [0.25, 0.3) is 0 Å². The van der Waals surface area contributed by atoms with E-state index in [-0.39, 0.29) is 0 Å². The first-order valence-electron chi connectivity index (χ1n) is 7.79. The predicted octanol–water partition coefficient (Wildman–Crippen LogP) is 4.03. The van der Waals surface area contributed by atoms with Crippen LogP contribution in [-0.2, 0) is 6.42 Å². The Balaban J connectivity index is 2.38. The van der Waals surface area contributed by atoms with E-state index in [1.807, 2.05) is 0 Å². The Morgan fingerprint density at radius 3 is 2.65 bits per heavy atom. The summed E-state index contributed by atoms with van der Waals surface area (Å²) in [5.41, 5.74) is 14.3. The second-order valence-electron chi connectivity index (χ2n) is 6.22. The van der Waals surface area contributed by atoms with Crippen LogP contribution in [0.3, 0.4) is 0 Å². The van der Waals surface area contributed by atoms with Crippen LogP contribution in [0.25, 0.3) is 5.57 Å². The third-order valence-corrected chi connectivity index (χ3v) is 4.38. The number of nitrogens with zero attached hydrogens (tertiary/aromatic N) is 1. The van der Waals surface area contributed by atoms with Crippen LogP contribution in [-0.4, -0.2) is 25.0 Å². The molecule has 0 unspecified atom stereocenters. The zero-order valence-corrected chi connectivity index (χ0v) is 13.4. The van der Waals surface area contributed by atoms with Crippen LogP contribution in [0.15, 0.2) is 17.7 Å². The minimum absolute atomic E-state index is 0.964. The first kappa shape index (κ1) is 15.1. The van der Waals surface area contributed by atoms with E-state index in [0.717, 1.165) is 31.6 Å². The Labute approximate surface area is 123 Å². The fourth-order valence-corrected chi connectivity index (χ4v) is 3.14. The van der Waals surface area contributed by atoms with Gasteiger partial charge in [-0.05, 0) is 74.6 Å². The number of hydrogen-bond acceptors (Lipinski definition) is 2. The van der Waals surface area contributed by atoms with E-state index in [1.165, 1.54) is 35.1 Å². The first-order valence-corrected chi connectivity index (χ1v) is 7.79. The van der Waals surface area contributed by atoms with Crippen LogP contribution in [0.5, 0.6) is 0 Å². The van der Waals surface area contributed by atoms with Crippen molar-refractivity contribution in [3.63, 3.8) is 0 Å². The molecule has 0 aliphatic carbocycles. The SMILES string of the molecule is CCCCc1cc(C2=C(C)CN(C)CC2)c(C)cc1N. The molecule has 1 aliphatic heterocycles. The molecule has 20 heavy (non-hydrogen) atoms.